The summed E-state index contributed by atoms with van der Waals surface area (Å²) in [6.07, 6.45) is 0. The minimum Gasteiger partial charge on any atom is -0.311 e. The van der Waals surface area contributed by atoms with Crippen molar-refractivity contribution in [3.05, 3.63) is 199 Å². The first-order valence-corrected chi connectivity index (χ1v) is 16.2. The number of hydrogen-bond donors (Lipinski definition) is 0. The molecule has 9 rings (SSSR count). The lowest BCUT2D eigenvalue weighted by molar-refractivity contribution is 0.592. The Labute approximate surface area is 343 Å². The van der Waals surface area contributed by atoms with Crippen molar-refractivity contribution in [2.75, 3.05) is 4.90 Å². The van der Waals surface area contributed by atoms with Crippen LogP contribution in [0.3, 0.4) is 0 Å². The smallest absolute Gasteiger partial charge is 0.171 e. The van der Waals surface area contributed by atoms with Gasteiger partial charge in [-0.25, -0.2) is 4.98 Å². The summed E-state index contributed by atoms with van der Waals surface area (Å²) in [4.78, 5) is 4.71. The number of fused-ring (bicyclic) bond motifs is 5. The lowest BCUT2D eigenvalue weighted by atomic mass is 9.95. The molecule has 0 saturated carbocycles. The normalized spacial score (nSPS) is 20.7. The van der Waals surface area contributed by atoms with Crippen molar-refractivity contribution >= 4 is 72.6 Å². The highest BCUT2D eigenvalue weighted by molar-refractivity contribution is 7.85. The highest BCUT2D eigenvalue weighted by Crippen LogP contribution is 2.47. The maximum Gasteiger partial charge on any atom is 0.171 e. The largest absolute Gasteiger partial charge is 0.311 e. The topological polar surface area (TPSA) is 33.2 Å². The fraction of sp³-hybridized carbons (Fsp3) is 0. The second-order valence-corrected chi connectivity index (χ2v) is 12.8. The number of anilines is 3. The van der Waals surface area contributed by atoms with E-state index in [0.29, 0.717) is 4.90 Å². The van der Waals surface area contributed by atoms with Crippen molar-refractivity contribution in [3.63, 3.8) is 0 Å². The van der Waals surface area contributed by atoms with Crippen LogP contribution in [0.2, 0.25) is 0 Å². The van der Waals surface area contributed by atoms with E-state index in [1.807, 2.05) is 0 Å². The second kappa shape index (κ2) is 12.9. The third kappa shape index (κ3) is 5.31. The fourth-order valence-corrected chi connectivity index (χ4v) is 7.62. The summed E-state index contributed by atoms with van der Waals surface area (Å²) in [7, 11) is -6.27. The Morgan fingerprint density at radius 3 is 1.47 bits per heavy atom. The van der Waals surface area contributed by atoms with Crippen LogP contribution in [-0.2, 0) is 4.57 Å². The Hall–Kier alpha value is -6.28. The molecule has 0 amide bonds. The molecule has 0 atom stereocenters. The monoisotopic (exact) mass is 705 g/mol. The van der Waals surface area contributed by atoms with Gasteiger partial charge >= 0.3 is 0 Å². The summed E-state index contributed by atoms with van der Waals surface area (Å²) in [5, 5.41) is -9.13. The van der Waals surface area contributed by atoms with E-state index in [1.54, 1.807) is 0 Å². The number of hydrogen-bond acceptors (Lipinski definition) is 3. The number of rotatable bonds is 7. The highest BCUT2D eigenvalue weighted by atomic mass is 31.2. The predicted molar refractivity (Wildman–Crippen MR) is 216 cm³/mol. The van der Waals surface area contributed by atoms with Gasteiger partial charge in [0.1, 0.15) is 0 Å². The molecule has 51 heavy (non-hydrogen) atoms. The highest BCUT2D eigenvalue weighted by Gasteiger charge is 2.32. The van der Waals surface area contributed by atoms with Gasteiger partial charge in [0.25, 0.3) is 0 Å². The molecule has 0 saturated heterocycles. The SMILES string of the molecule is [2H]c1c([2H])c([2H])c(N(c2c([2H])c([2H])c([2H])c([2H])c2[2H])c2c([2H])c([2H])c(-c3nc4c([2H])c([2H])c([2H])c([2H])c4c4c3c([2H])c(P(=O)(c3c([2H])c([2H])c([2H])c([2H])c3[2H])c3c([2H])c([2H])c([2H])c([2H])c3[2H])c3c([2H])c([2H])c([2H])c([2H])c34)c([2H])c2[2H])c([2H])c1[2H]. The average molecular weight is 706 g/mol. The van der Waals surface area contributed by atoms with Crippen molar-refractivity contribution in [1.29, 1.82) is 0 Å². The minimum absolute atomic E-state index is 0.293. The number of nitrogens with zero attached hydrogens (tertiary/aromatic N) is 2. The van der Waals surface area contributed by atoms with E-state index in [-0.39, 0.29) is 0 Å². The van der Waals surface area contributed by atoms with E-state index in [9.17, 15) is 11.0 Å². The molecule has 0 aliphatic carbocycles. The van der Waals surface area contributed by atoms with Crippen molar-refractivity contribution in [2.45, 2.75) is 0 Å². The van der Waals surface area contributed by atoms with Gasteiger partial charge in [-0.05, 0) is 59.1 Å². The molecule has 0 bridgehead atoms. The zero-order chi connectivity index (χ0) is 62.9. The molecule has 3 nitrogen and oxygen atoms in total. The zero-order valence-corrected chi connectivity index (χ0v) is 26.1. The number of aromatic nitrogens is 1. The van der Waals surface area contributed by atoms with Gasteiger partial charge in [-0.3, -0.25) is 0 Å². The Morgan fingerprint density at radius 2 is 0.902 bits per heavy atom. The maximum absolute atomic E-state index is 17.4. The molecular weight excluding hydrogens is 640 g/mol. The molecule has 0 unspecified atom stereocenters. The third-order valence-corrected chi connectivity index (χ3v) is 10.1. The van der Waals surface area contributed by atoms with Gasteiger partial charge < -0.3 is 9.46 Å². The van der Waals surface area contributed by atoms with Crippen LogP contribution in [-0.4, -0.2) is 4.98 Å². The van der Waals surface area contributed by atoms with Crippen LogP contribution in [0.1, 0.15) is 45.2 Å². The molecule has 0 spiro atoms. The molecule has 0 aliphatic rings. The fourth-order valence-electron chi connectivity index (χ4n) is 5.35. The summed E-state index contributed by atoms with van der Waals surface area (Å²) < 4.78 is 313. The van der Waals surface area contributed by atoms with Crippen LogP contribution in [0.15, 0.2) is 199 Å². The van der Waals surface area contributed by atoms with E-state index in [0.717, 1.165) is 0 Å². The lowest BCUT2D eigenvalue weighted by Crippen LogP contribution is -2.25. The molecule has 1 heterocycles. The summed E-state index contributed by atoms with van der Waals surface area (Å²) in [5.41, 5.74) is -6.56. The molecule has 0 N–H and O–H groups in total. The van der Waals surface area contributed by atoms with E-state index >= 15 is 4.57 Å². The molecule has 0 fully saturated rings. The third-order valence-electron chi connectivity index (χ3n) is 7.46. The first-order valence-electron chi connectivity index (χ1n) is 31.0. The first kappa shape index (κ1) is 11.6. The van der Waals surface area contributed by atoms with Crippen molar-refractivity contribution in [2.24, 2.45) is 0 Å². The van der Waals surface area contributed by atoms with Crippen LogP contribution in [0, 0.1) is 0 Å². The molecule has 9 aromatic rings. The Bertz CT molecular complexity index is 4360. The minimum atomic E-state index is -6.27. The number of benzene rings is 8. The van der Waals surface area contributed by atoms with Crippen molar-refractivity contribution in [3.8, 4) is 11.3 Å². The van der Waals surface area contributed by atoms with Crippen LogP contribution in [0.5, 0.6) is 0 Å². The van der Waals surface area contributed by atoms with Crippen molar-refractivity contribution < 1.29 is 49.8 Å². The number of pyridine rings is 1. The standard InChI is InChI=1S/C47H33N2OP/c50-51(38-21-9-3-10-22-38,39-23-11-4-12-24-39)45-33-43-46(41-26-14-13-25-40(41)45)42-27-15-16-28-44(42)48-47(43)34-29-31-37(32-30-34)49(35-17-5-1-6-18-35)36-19-7-2-8-20-36/h1-33H/i1D,2D,3D,4D,5D,6D,7D,8D,9D,10D,11D,12D,13D,14D,15D,16D,17D,18D,19D,20D,21D,22D,23D,24D,25D,26D,27D,28D,29D,30D,31D,32D,33D. The molecule has 1 aromatic heterocycles. The van der Waals surface area contributed by atoms with Gasteiger partial charge in [-0.1, -0.05) is 151 Å². The molecule has 242 valence electrons. The van der Waals surface area contributed by atoms with Crippen LogP contribution in [0.4, 0.5) is 17.1 Å². The molecule has 4 heteroatoms. The molecular formula is C47H33N2OP. The van der Waals surface area contributed by atoms with Crippen LogP contribution >= 0.6 is 7.14 Å². The zero-order valence-electron chi connectivity index (χ0n) is 58.2. The van der Waals surface area contributed by atoms with Gasteiger partial charge in [0, 0.05) is 54.7 Å². The van der Waals surface area contributed by atoms with Crippen LogP contribution < -0.4 is 20.8 Å². The lowest BCUT2D eigenvalue weighted by Gasteiger charge is -2.25. The van der Waals surface area contributed by atoms with E-state index in [2.05, 4.69) is 4.98 Å². The summed E-state index contributed by atoms with van der Waals surface area (Å²) in [6.45, 7) is 0. The Morgan fingerprint density at radius 1 is 0.451 bits per heavy atom. The summed E-state index contributed by atoms with van der Waals surface area (Å²) in [6, 6.07) is -40.0. The quantitative estimate of drug-likeness (QED) is 0.122. The Balaban J connectivity index is 1.64. The number of para-hydroxylation sites is 3. The average Bonchev–Trinajstić information content (AvgIpc) is 0.703. The summed E-state index contributed by atoms with van der Waals surface area (Å²) >= 11 is 0. The second-order valence-electron chi connectivity index (χ2n) is 10.2. The molecule has 0 radical (unpaired) electrons. The van der Waals surface area contributed by atoms with Gasteiger partial charge in [0.2, 0.25) is 0 Å². The summed E-state index contributed by atoms with van der Waals surface area (Å²) in [5.74, 6) is 0. The van der Waals surface area contributed by atoms with Crippen LogP contribution in [0.25, 0.3) is 43.7 Å². The first-order chi connectivity index (χ1) is 38.9. The maximum atomic E-state index is 17.4. The van der Waals surface area contributed by atoms with E-state index < -0.39 is 283 Å². The Kier molecular flexibility index (Phi) is 2.94. The van der Waals surface area contributed by atoms with E-state index in [1.165, 1.54) is 0 Å². The van der Waals surface area contributed by atoms with Gasteiger partial charge in [0.15, 0.2) is 7.14 Å². The van der Waals surface area contributed by atoms with Gasteiger partial charge in [0.05, 0.1) is 56.4 Å². The van der Waals surface area contributed by atoms with Crippen molar-refractivity contribution in [1.82, 2.24) is 4.98 Å². The molecule has 8 aromatic carbocycles. The predicted octanol–water partition coefficient (Wildman–Crippen LogP) is 11.3. The van der Waals surface area contributed by atoms with Gasteiger partial charge in [-0.15, -0.1) is 0 Å². The van der Waals surface area contributed by atoms with Gasteiger partial charge in [-0.2, -0.15) is 0 Å². The molecule has 0 aliphatic heterocycles. The van der Waals surface area contributed by atoms with E-state index in [4.69, 9.17) is 34.3 Å².